The highest BCUT2D eigenvalue weighted by Crippen LogP contribution is 2.17. The maximum absolute atomic E-state index is 12.6. The second-order valence-electron chi connectivity index (χ2n) is 5.46. The molecule has 0 radical (unpaired) electrons. The van der Waals surface area contributed by atoms with Crippen LogP contribution in [0.5, 0.6) is 0 Å². The summed E-state index contributed by atoms with van der Waals surface area (Å²) >= 11 is 0. The molecule has 0 aliphatic carbocycles. The maximum atomic E-state index is 12.6. The van der Waals surface area contributed by atoms with Gasteiger partial charge in [-0.3, -0.25) is 4.79 Å². The van der Waals surface area contributed by atoms with Gasteiger partial charge in [-0.15, -0.1) is 0 Å². The third-order valence-electron chi connectivity index (χ3n) is 3.77. The molecule has 0 aliphatic heterocycles. The summed E-state index contributed by atoms with van der Waals surface area (Å²) in [5.41, 5.74) is 4.04. The van der Waals surface area contributed by atoms with Crippen molar-refractivity contribution in [3.8, 4) is 6.07 Å². The van der Waals surface area contributed by atoms with Crippen molar-refractivity contribution in [1.29, 1.82) is 5.26 Å². The molecule has 0 spiro atoms. The largest absolute Gasteiger partial charge is 0.322 e. The second-order valence-corrected chi connectivity index (χ2v) is 5.46. The van der Waals surface area contributed by atoms with Crippen LogP contribution in [0.15, 0.2) is 78.9 Å². The normalized spacial score (nSPS) is 9.96. The minimum Gasteiger partial charge on any atom is -0.322 e. The molecule has 1 amide bonds. The van der Waals surface area contributed by atoms with Gasteiger partial charge in [0, 0.05) is 11.3 Å². The van der Waals surface area contributed by atoms with Crippen LogP contribution < -0.4 is 5.32 Å². The van der Waals surface area contributed by atoms with E-state index in [4.69, 9.17) is 5.26 Å². The van der Waals surface area contributed by atoms with Crippen LogP contribution in [0.4, 0.5) is 5.69 Å². The Kier molecular flexibility index (Phi) is 4.69. The van der Waals surface area contributed by atoms with E-state index in [0.717, 1.165) is 11.1 Å². The summed E-state index contributed by atoms with van der Waals surface area (Å²) in [6.07, 6.45) is 0.706. The zero-order valence-electron chi connectivity index (χ0n) is 13.1. The Morgan fingerprint density at radius 1 is 0.875 bits per heavy atom. The van der Waals surface area contributed by atoms with E-state index in [9.17, 15) is 4.79 Å². The molecule has 0 fully saturated rings. The third-order valence-corrected chi connectivity index (χ3v) is 3.77. The lowest BCUT2D eigenvalue weighted by atomic mass is 9.99. The second kappa shape index (κ2) is 7.26. The van der Waals surface area contributed by atoms with Crippen LogP contribution in [0, 0.1) is 11.3 Å². The Hall–Kier alpha value is -3.38. The fraction of sp³-hybridized carbons (Fsp3) is 0.0476. The summed E-state index contributed by atoms with van der Waals surface area (Å²) in [6, 6.07) is 26.6. The van der Waals surface area contributed by atoms with Crippen molar-refractivity contribution < 1.29 is 4.79 Å². The first-order valence-electron chi connectivity index (χ1n) is 7.69. The Bertz CT molecular complexity index is 878. The number of rotatable bonds is 4. The number of anilines is 1. The summed E-state index contributed by atoms with van der Waals surface area (Å²) in [4.78, 5) is 12.6. The van der Waals surface area contributed by atoms with Crippen molar-refractivity contribution >= 4 is 11.6 Å². The van der Waals surface area contributed by atoms with E-state index < -0.39 is 0 Å². The van der Waals surface area contributed by atoms with Gasteiger partial charge in [0.1, 0.15) is 0 Å². The lowest BCUT2D eigenvalue weighted by Gasteiger charge is -2.10. The van der Waals surface area contributed by atoms with E-state index in [1.54, 1.807) is 24.3 Å². The molecule has 0 saturated carbocycles. The molecule has 0 heterocycles. The van der Waals surface area contributed by atoms with Crippen molar-refractivity contribution in [2.75, 3.05) is 5.32 Å². The summed E-state index contributed by atoms with van der Waals surface area (Å²) < 4.78 is 0. The van der Waals surface area contributed by atoms with E-state index >= 15 is 0 Å². The average Bonchev–Trinajstić information content (AvgIpc) is 2.63. The molecule has 0 unspecified atom stereocenters. The molecule has 0 atom stereocenters. The monoisotopic (exact) mass is 312 g/mol. The van der Waals surface area contributed by atoms with Gasteiger partial charge in [-0.25, -0.2) is 0 Å². The zero-order chi connectivity index (χ0) is 16.8. The molecule has 0 saturated heterocycles. The number of nitrogens with one attached hydrogen (secondary N) is 1. The Balaban J connectivity index is 1.80. The first kappa shape index (κ1) is 15.5. The van der Waals surface area contributed by atoms with Crippen molar-refractivity contribution in [3.05, 3.63) is 101 Å². The topological polar surface area (TPSA) is 52.9 Å². The minimum atomic E-state index is -0.147. The first-order valence-corrected chi connectivity index (χ1v) is 7.69. The lowest BCUT2D eigenvalue weighted by molar-refractivity contribution is 0.102. The van der Waals surface area contributed by atoms with Gasteiger partial charge in [0.15, 0.2) is 0 Å². The van der Waals surface area contributed by atoms with Gasteiger partial charge >= 0.3 is 0 Å². The molecule has 116 valence electrons. The van der Waals surface area contributed by atoms with E-state index in [1.165, 1.54) is 0 Å². The number of nitriles is 1. The first-order chi connectivity index (χ1) is 11.8. The molecule has 3 nitrogen and oxygen atoms in total. The Morgan fingerprint density at radius 2 is 1.54 bits per heavy atom. The van der Waals surface area contributed by atoms with Gasteiger partial charge < -0.3 is 5.32 Å². The molecule has 0 aromatic heterocycles. The highest BCUT2D eigenvalue weighted by atomic mass is 16.1. The molecule has 0 aliphatic rings. The quantitative estimate of drug-likeness (QED) is 0.776. The zero-order valence-corrected chi connectivity index (χ0v) is 13.1. The van der Waals surface area contributed by atoms with Crippen LogP contribution >= 0.6 is 0 Å². The number of amides is 1. The number of benzene rings is 3. The molecule has 3 rings (SSSR count). The van der Waals surface area contributed by atoms with Gasteiger partial charge in [-0.05, 0) is 47.9 Å². The Morgan fingerprint density at radius 3 is 2.25 bits per heavy atom. The standard InChI is InChI=1S/C21H16N2O/c22-15-17-10-12-19(13-11-17)23-21(24)20-9-5-4-8-18(20)14-16-6-2-1-3-7-16/h1-13H,14H2,(H,23,24). The highest BCUT2D eigenvalue weighted by molar-refractivity contribution is 6.05. The summed E-state index contributed by atoms with van der Waals surface area (Å²) in [6.45, 7) is 0. The van der Waals surface area contributed by atoms with E-state index in [1.807, 2.05) is 42.5 Å². The van der Waals surface area contributed by atoms with Gasteiger partial charge in [0.2, 0.25) is 0 Å². The van der Waals surface area contributed by atoms with Gasteiger partial charge in [0.25, 0.3) is 5.91 Å². The van der Waals surface area contributed by atoms with Crippen LogP contribution in [0.3, 0.4) is 0 Å². The van der Waals surface area contributed by atoms with E-state index in [-0.39, 0.29) is 5.91 Å². The molecule has 3 aromatic rings. The highest BCUT2D eigenvalue weighted by Gasteiger charge is 2.11. The predicted octanol–water partition coefficient (Wildman–Crippen LogP) is 4.40. The summed E-state index contributed by atoms with van der Waals surface area (Å²) in [7, 11) is 0. The van der Waals surface area contributed by atoms with Gasteiger partial charge in [-0.2, -0.15) is 5.26 Å². The number of hydrogen-bond acceptors (Lipinski definition) is 2. The molecule has 24 heavy (non-hydrogen) atoms. The number of nitrogens with zero attached hydrogens (tertiary/aromatic N) is 1. The van der Waals surface area contributed by atoms with Crippen LogP contribution in [0.2, 0.25) is 0 Å². The Labute approximate surface area is 141 Å². The fourth-order valence-corrected chi connectivity index (χ4v) is 2.54. The molecular formula is C21H16N2O. The van der Waals surface area contributed by atoms with Gasteiger partial charge in [0.05, 0.1) is 11.6 Å². The van der Waals surface area contributed by atoms with Crippen molar-refractivity contribution in [2.24, 2.45) is 0 Å². The average molecular weight is 312 g/mol. The van der Waals surface area contributed by atoms with Crippen LogP contribution in [-0.2, 0) is 6.42 Å². The SMILES string of the molecule is N#Cc1ccc(NC(=O)c2ccccc2Cc2ccccc2)cc1. The smallest absolute Gasteiger partial charge is 0.255 e. The summed E-state index contributed by atoms with van der Waals surface area (Å²) in [5.74, 6) is -0.147. The van der Waals surface area contributed by atoms with Crippen LogP contribution in [0.1, 0.15) is 27.0 Å². The fourth-order valence-electron chi connectivity index (χ4n) is 2.54. The lowest BCUT2D eigenvalue weighted by Crippen LogP contribution is -2.14. The molecule has 1 N–H and O–H groups in total. The van der Waals surface area contributed by atoms with Crippen LogP contribution in [-0.4, -0.2) is 5.91 Å². The molecule has 3 heteroatoms. The van der Waals surface area contributed by atoms with Crippen molar-refractivity contribution in [1.82, 2.24) is 0 Å². The third kappa shape index (κ3) is 3.68. The minimum absolute atomic E-state index is 0.147. The van der Waals surface area contributed by atoms with Crippen molar-refractivity contribution in [3.63, 3.8) is 0 Å². The van der Waals surface area contributed by atoms with Crippen molar-refractivity contribution in [2.45, 2.75) is 6.42 Å². The number of hydrogen-bond donors (Lipinski definition) is 1. The summed E-state index contributed by atoms with van der Waals surface area (Å²) in [5, 5.41) is 11.7. The van der Waals surface area contributed by atoms with Gasteiger partial charge in [-0.1, -0.05) is 48.5 Å². The number of carbonyl (C=O) groups is 1. The van der Waals surface area contributed by atoms with E-state index in [2.05, 4.69) is 23.5 Å². The molecule has 0 bridgehead atoms. The predicted molar refractivity (Wildman–Crippen MR) is 94.8 cm³/mol. The van der Waals surface area contributed by atoms with Crippen LogP contribution in [0.25, 0.3) is 0 Å². The van der Waals surface area contributed by atoms with E-state index in [0.29, 0.717) is 23.2 Å². The molecular weight excluding hydrogens is 296 g/mol. The molecule has 3 aromatic carbocycles. The maximum Gasteiger partial charge on any atom is 0.255 e. The number of carbonyl (C=O) groups excluding carboxylic acids is 1.